The normalized spacial score (nSPS) is 27.2. The molecule has 1 spiro atoms. The molecule has 7 rings (SSSR count). The smallest absolute Gasteiger partial charge is 0.337 e. The van der Waals surface area contributed by atoms with Crippen LogP contribution in [0.3, 0.4) is 0 Å². The van der Waals surface area contributed by atoms with Crippen molar-refractivity contribution < 1.29 is 32.2 Å². The highest BCUT2D eigenvalue weighted by molar-refractivity contribution is 7.91. The van der Waals surface area contributed by atoms with Gasteiger partial charge in [0.1, 0.15) is 5.75 Å². The molecule has 4 aliphatic rings. The van der Waals surface area contributed by atoms with Crippen molar-refractivity contribution in [3.05, 3.63) is 76.6 Å². The number of fused-ring (bicyclic) bond motifs is 3. The Bertz CT molecular complexity index is 1780. The van der Waals surface area contributed by atoms with Crippen molar-refractivity contribution in [2.24, 2.45) is 11.8 Å². The van der Waals surface area contributed by atoms with Crippen LogP contribution < -0.4 is 9.64 Å². The van der Waals surface area contributed by atoms with E-state index in [1.165, 1.54) is 30.6 Å². The minimum absolute atomic E-state index is 0.0226. The van der Waals surface area contributed by atoms with E-state index in [0.29, 0.717) is 30.6 Å². The molecule has 1 unspecified atom stereocenters. The minimum atomic E-state index is -3.66. The van der Waals surface area contributed by atoms with Crippen LogP contribution in [0.4, 0.5) is 5.69 Å². The zero-order valence-corrected chi connectivity index (χ0v) is 29.6. The average Bonchev–Trinajstić information content (AvgIpc) is 3.23. The number of aryl methyl sites for hydroxylation is 1. The summed E-state index contributed by atoms with van der Waals surface area (Å²) in [6.45, 7) is 4.48. The molecule has 1 saturated carbocycles. The predicted molar refractivity (Wildman–Crippen MR) is 185 cm³/mol. The van der Waals surface area contributed by atoms with Crippen LogP contribution in [-0.2, 0) is 35.9 Å². The van der Waals surface area contributed by atoms with E-state index in [1.54, 1.807) is 19.1 Å². The number of aromatic nitrogens is 2. The van der Waals surface area contributed by atoms with Gasteiger partial charge in [-0.1, -0.05) is 17.7 Å². The van der Waals surface area contributed by atoms with E-state index in [1.807, 2.05) is 18.2 Å². The van der Waals surface area contributed by atoms with E-state index in [4.69, 9.17) is 30.5 Å². The highest BCUT2D eigenvalue weighted by Gasteiger charge is 2.45. The largest absolute Gasteiger partial charge is 0.490 e. The van der Waals surface area contributed by atoms with Crippen LogP contribution in [-0.4, -0.2) is 81.8 Å². The second-order valence-electron chi connectivity index (χ2n) is 14.1. The molecule has 2 fully saturated rings. The second kappa shape index (κ2) is 14.2. The lowest BCUT2D eigenvalue weighted by Crippen LogP contribution is -2.51. The van der Waals surface area contributed by atoms with Gasteiger partial charge < -0.3 is 23.8 Å². The fraction of sp³-hybridized carbons (Fsp3) is 0.541. The van der Waals surface area contributed by atoms with Gasteiger partial charge in [0.25, 0.3) is 0 Å². The molecule has 0 N–H and O–H groups in total. The summed E-state index contributed by atoms with van der Waals surface area (Å²) in [4.78, 5) is 22.9. The molecule has 49 heavy (non-hydrogen) atoms. The maximum Gasteiger partial charge on any atom is 0.337 e. The summed E-state index contributed by atoms with van der Waals surface area (Å²) < 4.78 is 50.1. The van der Waals surface area contributed by atoms with E-state index in [-0.39, 0.29) is 34.5 Å². The van der Waals surface area contributed by atoms with Crippen LogP contribution in [0, 0.1) is 11.8 Å². The number of carbonyl (C=O) groups is 1. The van der Waals surface area contributed by atoms with Crippen molar-refractivity contribution >= 4 is 33.1 Å². The predicted octanol–water partition coefficient (Wildman–Crippen LogP) is 5.84. The third kappa shape index (κ3) is 7.18. The Morgan fingerprint density at radius 1 is 1.14 bits per heavy atom. The number of hydrogen-bond acceptors (Lipinski definition) is 10. The van der Waals surface area contributed by atoms with Gasteiger partial charge in [-0.05, 0) is 105 Å². The van der Waals surface area contributed by atoms with E-state index in [0.717, 1.165) is 74.5 Å². The van der Waals surface area contributed by atoms with Gasteiger partial charge >= 0.3 is 5.97 Å². The first kappa shape index (κ1) is 34.2. The number of carbonyl (C=O) groups excluding carboxylic acids is 1. The molecule has 6 atom stereocenters. The summed E-state index contributed by atoms with van der Waals surface area (Å²) in [5.41, 5.74) is 3.77. The van der Waals surface area contributed by atoms with Gasteiger partial charge in [-0.25, -0.2) is 23.2 Å². The minimum Gasteiger partial charge on any atom is -0.490 e. The van der Waals surface area contributed by atoms with E-state index >= 15 is 0 Å². The summed E-state index contributed by atoms with van der Waals surface area (Å²) in [5, 5.41) is 0.579. The number of anilines is 1. The number of methoxy groups -OCH3 is 1. The molecule has 2 aliphatic carbocycles. The SMILES string of the molecule is COC(=O)c1ccc2c(c1)N(C[C@@H]1CC[C@H]1[C@@H]1C[C@@H](OC(C)CS(=O)(=O)c3ncccn3)CCO1)C[C@@]1(CCCc3cc(Cl)ccc31)CO2. The summed E-state index contributed by atoms with van der Waals surface area (Å²) in [6, 6.07) is 13.4. The molecule has 3 aromatic rings. The Morgan fingerprint density at radius 2 is 1.98 bits per heavy atom. The number of sulfone groups is 1. The van der Waals surface area contributed by atoms with Crippen molar-refractivity contribution in [3.63, 3.8) is 0 Å². The number of esters is 1. The summed E-state index contributed by atoms with van der Waals surface area (Å²) in [6.07, 6.45) is 8.91. The van der Waals surface area contributed by atoms with Crippen molar-refractivity contribution in [1.29, 1.82) is 0 Å². The number of halogens is 1. The summed E-state index contributed by atoms with van der Waals surface area (Å²) in [7, 11) is -2.26. The molecule has 2 aromatic carbocycles. The first-order valence-corrected chi connectivity index (χ1v) is 19.3. The Kier molecular flexibility index (Phi) is 9.89. The third-order valence-corrected chi connectivity index (χ3v) is 12.7. The molecule has 10 nitrogen and oxygen atoms in total. The molecule has 3 heterocycles. The Morgan fingerprint density at radius 3 is 2.76 bits per heavy atom. The zero-order valence-electron chi connectivity index (χ0n) is 28.1. The van der Waals surface area contributed by atoms with E-state index in [2.05, 4.69) is 27.0 Å². The lowest BCUT2D eigenvalue weighted by Gasteiger charge is -2.48. The second-order valence-corrected chi connectivity index (χ2v) is 16.5. The van der Waals surface area contributed by atoms with Crippen LogP contribution >= 0.6 is 11.6 Å². The van der Waals surface area contributed by atoms with Crippen LogP contribution in [0.5, 0.6) is 5.75 Å². The molecule has 12 heteroatoms. The molecule has 0 amide bonds. The van der Waals surface area contributed by atoms with Crippen LogP contribution in [0.25, 0.3) is 0 Å². The molecule has 1 aromatic heterocycles. The molecule has 262 valence electrons. The number of nitrogens with zero attached hydrogens (tertiary/aromatic N) is 3. The fourth-order valence-electron chi connectivity index (χ4n) is 8.37. The topological polar surface area (TPSA) is 117 Å². The Balaban J connectivity index is 1.08. The van der Waals surface area contributed by atoms with Crippen molar-refractivity contribution in [2.75, 3.05) is 44.1 Å². The van der Waals surface area contributed by atoms with Crippen LogP contribution in [0.2, 0.25) is 5.02 Å². The zero-order chi connectivity index (χ0) is 34.2. The van der Waals surface area contributed by atoms with Gasteiger partial charge in [-0.2, -0.15) is 0 Å². The highest BCUT2D eigenvalue weighted by atomic mass is 35.5. The number of ether oxygens (including phenoxy) is 4. The van der Waals surface area contributed by atoms with Crippen LogP contribution in [0.1, 0.15) is 66.9 Å². The van der Waals surface area contributed by atoms with Gasteiger partial charge in [-0.15, -0.1) is 0 Å². The average molecular weight is 710 g/mol. The fourth-order valence-corrected chi connectivity index (χ4v) is 9.85. The third-order valence-electron chi connectivity index (χ3n) is 10.8. The molecular weight excluding hydrogens is 666 g/mol. The van der Waals surface area contributed by atoms with E-state index in [9.17, 15) is 13.2 Å². The Labute approximate surface area is 293 Å². The van der Waals surface area contributed by atoms with Gasteiger partial charge in [0.2, 0.25) is 15.0 Å². The lowest BCUT2D eigenvalue weighted by atomic mass is 9.67. The quantitative estimate of drug-likeness (QED) is 0.198. The molecule has 2 aliphatic heterocycles. The summed E-state index contributed by atoms with van der Waals surface area (Å²) in [5.74, 6) is 0.934. The van der Waals surface area contributed by atoms with Gasteiger partial charge in [0.05, 0.1) is 49.0 Å². The molecule has 0 radical (unpaired) electrons. The van der Waals surface area contributed by atoms with Gasteiger partial charge in [-0.3, -0.25) is 0 Å². The van der Waals surface area contributed by atoms with E-state index < -0.39 is 15.9 Å². The molecule has 0 bridgehead atoms. The van der Waals surface area contributed by atoms with Crippen molar-refractivity contribution in [3.8, 4) is 5.75 Å². The number of hydrogen-bond donors (Lipinski definition) is 0. The standard InChI is InChI=1S/C37H44ClN3O7S/c1-24(21-49(43,44)36-39-14-4-15-40-36)48-29-12-16-46-34(19-29)30-9-6-27(30)20-41-22-37(13-3-5-25-17-28(38)8-10-31(25)37)23-47-33-11-7-26(18-32(33)41)35(42)45-2/h4,7-8,10-11,14-15,17-18,24,27,29-30,34H,3,5-6,9,12-13,16,19-23H2,1-2H3/t24?,27-,29-,30+,34-,37-/m0/s1. The molecule has 1 saturated heterocycles. The van der Waals surface area contributed by atoms with Crippen molar-refractivity contribution in [2.45, 2.75) is 80.8 Å². The summed E-state index contributed by atoms with van der Waals surface area (Å²) >= 11 is 6.44. The first-order chi connectivity index (χ1) is 23.6. The number of rotatable bonds is 9. The molecular formula is C37H44ClN3O7S. The monoisotopic (exact) mass is 709 g/mol. The van der Waals surface area contributed by atoms with Gasteiger partial charge in [0, 0.05) is 48.9 Å². The van der Waals surface area contributed by atoms with Crippen LogP contribution in [0.15, 0.2) is 60.0 Å². The van der Waals surface area contributed by atoms with Gasteiger partial charge in [0.15, 0.2) is 0 Å². The maximum atomic E-state index is 12.9. The highest BCUT2D eigenvalue weighted by Crippen LogP contribution is 2.47. The number of benzene rings is 2. The Hall–Kier alpha value is -3.25. The lowest BCUT2D eigenvalue weighted by molar-refractivity contribution is -0.126. The van der Waals surface area contributed by atoms with Crippen molar-refractivity contribution in [1.82, 2.24) is 9.97 Å². The first-order valence-electron chi connectivity index (χ1n) is 17.3. The maximum absolute atomic E-state index is 12.9.